The van der Waals surface area contributed by atoms with E-state index in [1.807, 2.05) is 23.9 Å². The Morgan fingerprint density at radius 3 is 3.11 bits per heavy atom. The van der Waals surface area contributed by atoms with Gasteiger partial charge in [0, 0.05) is 6.07 Å². The maximum absolute atomic E-state index is 5.83. The van der Waals surface area contributed by atoms with Crippen molar-refractivity contribution in [2.75, 3.05) is 6.61 Å². The van der Waals surface area contributed by atoms with E-state index in [9.17, 15) is 0 Å². The summed E-state index contributed by atoms with van der Waals surface area (Å²) in [6.45, 7) is 2.97. The highest BCUT2D eigenvalue weighted by molar-refractivity contribution is 8.11. The van der Waals surface area contributed by atoms with Crippen molar-refractivity contribution in [1.82, 2.24) is 5.32 Å². The van der Waals surface area contributed by atoms with Crippen molar-refractivity contribution < 1.29 is 8.75 Å². The van der Waals surface area contributed by atoms with Gasteiger partial charge >= 0.3 is 0 Å². The first-order valence-corrected chi connectivity index (χ1v) is 7.41. The van der Waals surface area contributed by atoms with Gasteiger partial charge in [-0.05, 0) is 12.5 Å². The highest BCUT2D eigenvalue weighted by atomic mass is 32.2. The van der Waals surface area contributed by atoms with E-state index in [1.165, 1.54) is 12.8 Å². The topological polar surface area (TPSA) is 37.5 Å². The van der Waals surface area contributed by atoms with E-state index in [1.54, 1.807) is 6.34 Å². The Balaban J connectivity index is 2.05. The molecule has 0 spiro atoms. The van der Waals surface area contributed by atoms with E-state index in [4.69, 9.17) is 4.18 Å². The number of aryl methyl sites for hydroxylation is 1. The third-order valence-corrected chi connectivity index (χ3v) is 4.05. The Labute approximate surface area is 111 Å². The lowest BCUT2D eigenvalue weighted by atomic mass is 10.3. The molecule has 5 heteroatoms. The van der Waals surface area contributed by atoms with Crippen LogP contribution in [0.4, 0.5) is 0 Å². The summed E-state index contributed by atoms with van der Waals surface area (Å²) < 4.78 is 12.2. The van der Waals surface area contributed by atoms with Crippen molar-refractivity contribution in [1.29, 1.82) is 0 Å². The van der Waals surface area contributed by atoms with Crippen molar-refractivity contribution in [3.05, 3.63) is 30.1 Å². The summed E-state index contributed by atoms with van der Waals surface area (Å²) in [5.74, 6) is 0. The Kier molecular flexibility index (Phi) is 4.90. The molecule has 0 saturated carbocycles. The minimum absolute atomic E-state index is 0.466. The molecule has 1 atom stereocenters. The lowest BCUT2D eigenvalue weighted by Crippen LogP contribution is -2.30. The zero-order valence-corrected chi connectivity index (χ0v) is 11.7. The van der Waals surface area contributed by atoms with Gasteiger partial charge in [0.05, 0.1) is 23.1 Å². The number of hydrogen-bond acceptors (Lipinski definition) is 3. The Bertz CT molecular complexity index is 471. The number of unbranched alkanes of at least 4 members (excludes halogenated alkanes) is 2. The molecule has 1 aromatic heterocycles. The van der Waals surface area contributed by atoms with Gasteiger partial charge in [-0.2, -0.15) is 4.40 Å². The highest BCUT2D eigenvalue weighted by Gasteiger charge is 2.14. The van der Waals surface area contributed by atoms with Crippen LogP contribution >= 0.6 is 11.0 Å². The summed E-state index contributed by atoms with van der Waals surface area (Å²) in [6.07, 6.45) is 9.34. The van der Waals surface area contributed by atoms with Crippen molar-refractivity contribution in [3.63, 3.8) is 0 Å². The second-order valence-corrected chi connectivity index (χ2v) is 5.60. The number of nitrogens with one attached hydrogen (secondary N) is 1. The SMILES string of the molecule is CCCCCOS1=C(c2ccc[n+](C)c2)NC=N1. The standard InChI is InChI=1S/C13H20N3OS/c1-3-4-5-9-17-18-13(14-11-15-18)12-7-6-8-16(2)10-12/h6-8,10-11H,3-5,9H2,1-2H3,(H,14,15)/q+1. The van der Waals surface area contributed by atoms with Crippen LogP contribution in [0.2, 0.25) is 0 Å². The van der Waals surface area contributed by atoms with Crippen LogP contribution in [0.15, 0.2) is 28.9 Å². The number of aromatic nitrogens is 1. The fourth-order valence-corrected chi connectivity index (χ4v) is 2.91. The molecule has 0 fully saturated rings. The third kappa shape index (κ3) is 3.40. The Morgan fingerprint density at radius 1 is 1.44 bits per heavy atom. The molecule has 0 aliphatic carbocycles. The molecule has 1 aliphatic heterocycles. The number of rotatable bonds is 6. The zero-order valence-electron chi connectivity index (χ0n) is 10.9. The van der Waals surface area contributed by atoms with Gasteiger partial charge in [0.25, 0.3) is 0 Å². The molecule has 1 aromatic rings. The molecule has 0 saturated heterocycles. The van der Waals surface area contributed by atoms with Crippen LogP contribution < -0.4 is 9.88 Å². The Morgan fingerprint density at radius 2 is 2.33 bits per heavy atom. The largest absolute Gasteiger partial charge is 0.337 e. The summed E-state index contributed by atoms with van der Waals surface area (Å²) in [5.41, 5.74) is 1.14. The first kappa shape index (κ1) is 13.2. The van der Waals surface area contributed by atoms with Gasteiger partial charge < -0.3 is 9.50 Å². The lowest BCUT2D eigenvalue weighted by molar-refractivity contribution is -0.671. The lowest BCUT2D eigenvalue weighted by Gasteiger charge is -2.06. The molecule has 18 heavy (non-hydrogen) atoms. The molecule has 4 nitrogen and oxygen atoms in total. The van der Waals surface area contributed by atoms with E-state index in [0.29, 0.717) is 0 Å². The molecule has 1 aliphatic rings. The van der Waals surface area contributed by atoms with E-state index in [2.05, 4.69) is 28.9 Å². The minimum Gasteiger partial charge on any atom is -0.337 e. The van der Waals surface area contributed by atoms with Gasteiger partial charge in [0.1, 0.15) is 18.4 Å². The van der Waals surface area contributed by atoms with E-state index < -0.39 is 11.0 Å². The Hall–Kier alpha value is -1.20. The monoisotopic (exact) mass is 266 g/mol. The molecule has 0 radical (unpaired) electrons. The molecule has 0 bridgehead atoms. The molecule has 1 unspecified atom stereocenters. The predicted molar refractivity (Wildman–Crippen MR) is 76.4 cm³/mol. The normalized spacial score (nSPS) is 18.1. The minimum atomic E-state index is -0.466. The maximum atomic E-state index is 5.83. The average molecular weight is 266 g/mol. The summed E-state index contributed by atoms with van der Waals surface area (Å²) >= 11 is 0. The molecule has 2 rings (SSSR count). The van der Waals surface area contributed by atoms with Crippen LogP contribution in [0.5, 0.6) is 0 Å². The van der Waals surface area contributed by atoms with Gasteiger partial charge in [0.2, 0.25) is 0 Å². The van der Waals surface area contributed by atoms with Crippen LogP contribution in [0.25, 0.3) is 0 Å². The number of hydrogen-bond donors (Lipinski definition) is 1. The molecule has 0 aromatic carbocycles. The first-order chi connectivity index (χ1) is 8.81. The van der Waals surface area contributed by atoms with Crippen molar-refractivity contribution >= 4 is 22.3 Å². The summed E-state index contributed by atoms with van der Waals surface area (Å²) in [5, 5.41) is 3.19. The van der Waals surface area contributed by atoms with Crippen LogP contribution in [0.3, 0.4) is 0 Å². The zero-order chi connectivity index (χ0) is 12.8. The maximum Gasteiger partial charge on any atom is 0.178 e. The van der Waals surface area contributed by atoms with Gasteiger partial charge in [-0.15, -0.1) is 0 Å². The quantitative estimate of drug-likeness (QED) is 0.485. The van der Waals surface area contributed by atoms with Crippen LogP contribution in [0, 0.1) is 0 Å². The second kappa shape index (κ2) is 6.66. The van der Waals surface area contributed by atoms with Crippen LogP contribution in [-0.4, -0.2) is 17.9 Å². The molecule has 0 amide bonds. The van der Waals surface area contributed by atoms with Crippen molar-refractivity contribution in [2.24, 2.45) is 11.4 Å². The third-order valence-electron chi connectivity index (χ3n) is 2.66. The predicted octanol–water partition coefficient (Wildman–Crippen LogP) is 1.93. The molecule has 98 valence electrons. The fraction of sp³-hybridized carbons (Fsp3) is 0.462. The van der Waals surface area contributed by atoms with Crippen molar-refractivity contribution in [3.8, 4) is 0 Å². The smallest absolute Gasteiger partial charge is 0.178 e. The summed E-state index contributed by atoms with van der Waals surface area (Å²) in [4.78, 5) is 1.06. The fourth-order valence-electron chi connectivity index (χ4n) is 1.72. The molecule has 2 heterocycles. The van der Waals surface area contributed by atoms with Gasteiger partial charge in [-0.25, -0.2) is 4.57 Å². The molecular weight excluding hydrogens is 246 g/mol. The van der Waals surface area contributed by atoms with E-state index >= 15 is 0 Å². The van der Waals surface area contributed by atoms with Crippen LogP contribution in [-0.2, 0) is 11.2 Å². The second-order valence-electron chi connectivity index (χ2n) is 4.24. The number of nitrogens with zero attached hydrogens (tertiary/aromatic N) is 2. The van der Waals surface area contributed by atoms with Gasteiger partial charge in [-0.3, -0.25) is 0 Å². The van der Waals surface area contributed by atoms with Crippen LogP contribution in [0.1, 0.15) is 31.7 Å². The average Bonchev–Trinajstić information content (AvgIpc) is 2.83. The molecular formula is C13H20N3OS+. The van der Waals surface area contributed by atoms with Gasteiger partial charge in [0.15, 0.2) is 12.4 Å². The highest BCUT2D eigenvalue weighted by Crippen LogP contribution is 2.23. The summed E-state index contributed by atoms with van der Waals surface area (Å²) in [6, 6.07) is 4.10. The first-order valence-electron chi connectivity index (χ1n) is 6.30. The van der Waals surface area contributed by atoms with E-state index in [-0.39, 0.29) is 0 Å². The van der Waals surface area contributed by atoms with E-state index in [0.717, 1.165) is 23.6 Å². The van der Waals surface area contributed by atoms with Crippen molar-refractivity contribution in [2.45, 2.75) is 26.2 Å². The molecule has 1 N–H and O–H groups in total. The number of pyridine rings is 1. The van der Waals surface area contributed by atoms with Gasteiger partial charge in [-0.1, -0.05) is 19.8 Å². The summed E-state index contributed by atoms with van der Waals surface area (Å²) in [7, 11) is 1.55.